The third-order valence-corrected chi connectivity index (χ3v) is 4.46. The van der Waals surface area contributed by atoms with Gasteiger partial charge in [-0.1, -0.05) is 13.3 Å². The summed E-state index contributed by atoms with van der Waals surface area (Å²) in [5, 5.41) is 19.1. The monoisotopic (exact) mass is 284 g/mol. The predicted octanol–water partition coefficient (Wildman–Crippen LogP) is 1.14. The lowest BCUT2D eigenvalue weighted by Crippen LogP contribution is -2.53. The Kier molecular flexibility index (Phi) is 4.52. The van der Waals surface area contributed by atoms with E-state index in [1.165, 1.54) is 0 Å². The number of hydrogen-bond acceptors (Lipinski definition) is 3. The number of β-amino-alcohol motifs (C(OH)–C–C–N with tert-alkyl or cyclic N) is 1. The van der Waals surface area contributed by atoms with Gasteiger partial charge in [-0.05, 0) is 25.7 Å². The number of hydrogen-bond donors (Lipinski definition) is 2. The van der Waals surface area contributed by atoms with Crippen LogP contribution in [0.2, 0.25) is 0 Å². The number of nitrogens with zero attached hydrogens (tertiary/aromatic N) is 2. The molecule has 2 unspecified atom stereocenters. The Morgan fingerprint density at radius 2 is 2.05 bits per heavy atom. The topological polar surface area (TPSA) is 81.1 Å². The minimum atomic E-state index is -0.793. The van der Waals surface area contributed by atoms with Crippen molar-refractivity contribution in [3.05, 3.63) is 0 Å². The number of carboxylic acid groups (broad SMARTS) is 1. The van der Waals surface area contributed by atoms with Crippen molar-refractivity contribution < 1.29 is 19.8 Å². The summed E-state index contributed by atoms with van der Waals surface area (Å²) in [5.41, 5.74) is -0.791. The van der Waals surface area contributed by atoms with Crippen LogP contribution in [-0.4, -0.2) is 64.3 Å². The number of amides is 2. The van der Waals surface area contributed by atoms with Gasteiger partial charge in [0.25, 0.3) is 0 Å². The third kappa shape index (κ3) is 2.90. The van der Waals surface area contributed by atoms with Gasteiger partial charge in [0.05, 0.1) is 11.5 Å². The molecular formula is C14H24N2O4. The van der Waals surface area contributed by atoms with Crippen LogP contribution in [0, 0.1) is 5.41 Å². The molecule has 2 N–H and O–H groups in total. The Bertz CT molecular complexity index is 383. The molecule has 2 atom stereocenters. The van der Waals surface area contributed by atoms with Gasteiger partial charge in [0.1, 0.15) is 0 Å². The number of aliphatic carboxylic acids is 1. The summed E-state index contributed by atoms with van der Waals surface area (Å²) in [5.74, 6) is -0.793. The summed E-state index contributed by atoms with van der Waals surface area (Å²) < 4.78 is 0. The second-order valence-corrected chi connectivity index (χ2v) is 6.03. The molecule has 2 aliphatic heterocycles. The van der Waals surface area contributed by atoms with Crippen LogP contribution >= 0.6 is 0 Å². The minimum absolute atomic E-state index is 0.122. The normalized spacial score (nSPS) is 30.6. The molecule has 2 heterocycles. The summed E-state index contributed by atoms with van der Waals surface area (Å²) in [4.78, 5) is 27.3. The Morgan fingerprint density at radius 1 is 1.30 bits per heavy atom. The highest BCUT2D eigenvalue weighted by atomic mass is 16.4. The fourth-order valence-electron chi connectivity index (χ4n) is 3.37. The SMILES string of the molecule is CCCC1(C(=O)O)CCCN(C(=O)N2CCC(O)C2)C1. The average Bonchev–Trinajstić information content (AvgIpc) is 2.85. The van der Waals surface area contributed by atoms with E-state index in [2.05, 4.69) is 0 Å². The average molecular weight is 284 g/mol. The zero-order chi connectivity index (χ0) is 14.8. The van der Waals surface area contributed by atoms with E-state index >= 15 is 0 Å². The van der Waals surface area contributed by atoms with Gasteiger partial charge < -0.3 is 20.0 Å². The summed E-state index contributed by atoms with van der Waals surface area (Å²) in [6.45, 7) is 3.81. The molecule has 2 rings (SSSR count). The molecule has 0 spiro atoms. The van der Waals surface area contributed by atoms with Gasteiger partial charge in [0.2, 0.25) is 0 Å². The van der Waals surface area contributed by atoms with Crippen LogP contribution in [0.1, 0.15) is 39.0 Å². The zero-order valence-corrected chi connectivity index (χ0v) is 12.0. The molecule has 0 radical (unpaired) electrons. The lowest BCUT2D eigenvalue weighted by atomic mass is 9.76. The molecule has 6 heteroatoms. The van der Waals surface area contributed by atoms with E-state index in [0.29, 0.717) is 45.4 Å². The Balaban J connectivity index is 2.05. The first kappa shape index (κ1) is 15.1. The van der Waals surface area contributed by atoms with Crippen LogP contribution < -0.4 is 0 Å². The van der Waals surface area contributed by atoms with Gasteiger partial charge in [-0.2, -0.15) is 0 Å². The number of rotatable bonds is 3. The lowest BCUT2D eigenvalue weighted by Gasteiger charge is -2.41. The second-order valence-electron chi connectivity index (χ2n) is 6.03. The van der Waals surface area contributed by atoms with E-state index in [4.69, 9.17) is 0 Å². The van der Waals surface area contributed by atoms with Gasteiger partial charge >= 0.3 is 12.0 Å². The van der Waals surface area contributed by atoms with Gasteiger partial charge in [-0.15, -0.1) is 0 Å². The maximum atomic E-state index is 12.4. The summed E-state index contributed by atoms with van der Waals surface area (Å²) >= 11 is 0. The van der Waals surface area contributed by atoms with E-state index < -0.39 is 17.5 Å². The first-order valence-corrected chi connectivity index (χ1v) is 7.44. The van der Waals surface area contributed by atoms with E-state index in [9.17, 15) is 19.8 Å². The molecule has 114 valence electrons. The van der Waals surface area contributed by atoms with Crippen molar-refractivity contribution in [2.75, 3.05) is 26.2 Å². The molecular weight excluding hydrogens is 260 g/mol. The molecule has 0 aromatic rings. The molecule has 2 amide bonds. The number of carboxylic acids is 1. The van der Waals surface area contributed by atoms with E-state index in [1.54, 1.807) is 9.80 Å². The lowest BCUT2D eigenvalue weighted by molar-refractivity contribution is -0.152. The molecule has 0 aromatic carbocycles. The van der Waals surface area contributed by atoms with Gasteiger partial charge in [0.15, 0.2) is 0 Å². The van der Waals surface area contributed by atoms with Gasteiger partial charge in [-0.3, -0.25) is 4.79 Å². The predicted molar refractivity (Wildman–Crippen MR) is 73.4 cm³/mol. The Hall–Kier alpha value is -1.30. The summed E-state index contributed by atoms with van der Waals surface area (Å²) in [6, 6.07) is -0.122. The quantitative estimate of drug-likeness (QED) is 0.814. The fraction of sp³-hybridized carbons (Fsp3) is 0.857. The maximum absolute atomic E-state index is 12.4. The number of piperidine rings is 1. The van der Waals surface area contributed by atoms with Crippen molar-refractivity contribution in [3.8, 4) is 0 Å². The number of urea groups is 1. The number of carbonyl (C=O) groups is 2. The van der Waals surface area contributed by atoms with Crippen LogP contribution in [0.4, 0.5) is 4.79 Å². The van der Waals surface area contributed by atoms with Gasteiger partial charge in [0, 0.05) is 26.2 Å². The highest BCUT2D eigenvalue weighted by Crippen LogP contribution is 2.35. The van der Waals surface area contributed by atoms with Crippen LogP contribution in [0.15, 0.2) is 0 Å². The van der Waals surface area contributed by atoms with E-state index in [0.717, 1.165) is 12.8 Å². The van der Waals surface area contributed by atoms with Crippen LogP contribution in [0.3, 0.4) is 0 Å². The molecule has 2 fully saturated rings. The summed E-state index contributed by atoms with van der Waals surface area (Å²) in [7, 11) is 0. The highest BCUT2D eigenvalue weighted by Gasteiger charge is 2.43. The van der Waals surface area contributed by atoms with Crippen molar-refractivity contribution in [2.45, 2.75) is 45.1 Å². The highest BCUT2D eigenvalue weighted by molar-refractivity contribution is 5.79. The molecule has 0 aliphatic carbocycles. The van der Waals surface area contributed by atoms with Gasteiger partial charge in [-0.25, -0.2) is 4.79 Å². The Morgan fingerprint density at radius 3 is 2.60 bits per heavy atom. The molecule has 2 aliphatic rings. The van der Waals surface area contributed by atoms with Crippen LogP contribution in [-0.2, 0) is 4.79 Å². The molecule has 0 aromatic heterocycles. The maximum Gasteiger partial charge on any atom is 0.320 e. The fourth-order valence-corrected chi connectivity index (χ4v) is 3.37. The van der Waals surface area contributed by atoms with Crippen molar-refractivity contribution in [1.82, 2.24) is 9.80 Å². The van der Waals surface area contributed by atoms with Crippen molar-refractivity contribution in [3.63, 3.8) is 0 Å². The number of likely N-dealkylation sites (tertiary alicyclic amines) is 2. The smallest absolute Gasteiger partial charge is 0.320 e. The molecule has 20 heavy (non-hydrogen) atoms. The molecule has 6 nitrogen and oxygen atoms in total. The van der Waals surface area contributed by atoms with Crippen molar-refractivity contribution in [2.24, 2.45) is 5.41 Å². The first-order chi connectivity index (χ1) is 9.48. The van der Waals surface area contributed by atoms with E-state index in [-0.39, 0.29) is 6.03 Å². The minimum Gasteiger partial charge on any atom is -0.481 e. The van der Waals surface area contributed by atoms with Crippen molar-refractivity contribution in [1.29, 1.82) is 0 Å². The first-order valence-electron chi connectivity index (χ1n) is 7.44. The Labute approximate surface area is 119 Å². The second kappa shape index (κ2) is 5.99. The summed E-state index contributed by atoms with van der Waals surface area (Å²) in [6.07, 6.45) is 2.95. The largest absolute Gasteiger partial charge is 0.481 e. The standard InChI is InChI=1S/C14H24N2O4/c1-2-5-14(12(18)19)6-3-7-16(10-14)13(20)15-8-4-11(17)9-15/h11,17H,2-10H2,1H3,(H,18,19). The molecule has 2 saturated heterocycles. The third-order valence-electron chi connectivity index (χ3n) is 4.46. The molecule has 0 saturated carbocycles. The number of carbonyl (C=O) groups excluding carboxylic acids is 1. The van der Waals surface area contributed by atoms with Crippen molar-refractivity contribution >= 4 is 12.0 Å². The molecule has 0 bridgehead atoms. The van der Waals surface area contributed by atoms with Crippen LogP contribution in [0.5, 0.6) is 0 Å². The number of aliphatic hydroxyl groups is 1. The van der Waals surface area contributed by atoms with E-state index in [1.807, 2.05) is 6.92 Å². The zero-order valence-electron chi connectivity index (χ0n) is 12.0. The number of aliphatic hydroxyl groups excluding tert-OH is 1. The van der Waals surface area contributed by atoms with Crippen LogP contribution in [0.25, 0.3) is 0 Å².